The van der Waals surface area contributed by atoms with E-state index in [1.807, 2.05) is 31.2 Å². The second-order valence-electron chi connectivity index (χ2n) is 5.43. The number of benzene rings is 2. The van der Waals surface area contributed by atoms with E-state index >= 15 is 0 Å². The highest BCUT2D eigenvalue weighted by molar-refractivity contribution is 7.88. The van der Waals surface area contributed by atoms with Gasteiger partial charge in [0.15, 0.2) is 0 Å². The van der Waals surface area contributed by atoms with Gasteiger partial charge in [-0.3, -0.25) is 0 Å². The van der Waals surface area contributed by atoms with E-state index in [1.165, 1.54) is 0 Å². The number of nitrogens with one attached hydrogen (secondary N) is 1. The third-order valence-corrected chi connectivity index (χ3v) is 5.06. The lowest BCUT2D eigenvalue weighted by Crippen LogP contribution is -2.26. The summed E-state index contributed by atoms with van der Waals surface area (Å²) in [4.78, 5) is 0. The van der Waals surface area contributed by atoms with Gasteiger partial charge in [0.2, 0.25) is 10.0 Å². The Labute approximate surface area is 148 Å². The molecule has 4 nitrogen and oxygen atoms in total. The van der Waals surface area contributed by atoms with Crippen LogP contribution in [0.1, 0.15) is 24.5 Å². The molecule has 0 spiro atoms. The first-order chi connectivity index (χ1) is 11.5. The van der Waals surface area contributed by atoms with Crippen molar-refractivity contribution in [1.82, 2.24) is 4.72 Å². The van der Waals surface area contributed by atoms with E-state index in [1.54, 1.807) is 24.3 Å². The SMILES string of the molecule is CCOc1ccccc1CCCNS(=O)(=O)Cc1cccc(Cl)c1. The van der Waals surface area contributed by atoms with Gasteiger partial charge in [0.05, 0.1) is 12.4 Å². The Morgan fingerprint density at radius 2 is 1.92 bits per heavy atom. The zero-order valence-electron chi connectivity index (χ0n) is 13.7. The minimum Gasteiger partial charge on any atom is -0.494 e. The molecule has 2 aromatic carbocycles. The predicted molar refractivity (Wildman–Crippen MR) is 98.0 cm³/mol. The number of aryl methyl sites for hydroxylation is 1. The van der Waals surface area contributed by atoms with Gasteiger partial charge in [0, 0.05) is 11.6 Å². The maximum Gasteiger partial charge on any atom is 0.215 e. The summed E-state index contributed by atoms with van der Waals surface area (Å²) < 4.78 is 32.4. The van der Waals surface area contributed by atoms with Crippen LogP contribution in [0.2, 0.25) is 5.02 Å². The van der Waals surface area contributed by atoms with Crippen LogP contribution in [0.3, 0.4) is 0 Å². The lowest BCUT2D eigenvalue weighted by molar-refractivity contribution is 0.336. The number of sulfonamides is 1. The number of rotatable bonds is 9. The fourth-order valence-electron chi connectivity index (χ4n) is 2.41. The number of halogens is 1. The van der Waals surface area contributed by atoms with Crippen molar-refractivity contribution in [2.75, 3.05) is 13.2 Å². The molecule has 1 N–H and O–H groups in total. The minimum absolute atomic E-state index is 0.0664. The van der Waals surface area contributed by atoms with Crippen molar-refractivity contribution in [2.45, 2.75) is 25.5 Å². The van der Waals surface area contributed by atoms with Gasteiger partial charge in [-0.2, -0.15) is 0 Å². The van der Waals surface area contributed by atoms with Crippen LogP contribution in [0.15, 0.2) is 48.5 Å². The Hall–Kier alpha value is -1.56. The van der Waals surface area contributed by atoms with Crippen molar-refractivity contribution in [1.29, 1.82) is 0 Å². The summed E-state index contributed by atoms with van der Waals surface area (Å²) in [6.07, 6.45) is 1.47. The van der Waals surface area contributed by atoms with Crippen LogP contribution < -0.4 is 9.46 Å². The van der Waals surface area contributed by atoms with Crippen molar-refractivity contribution in [3.63, 3.8) is 0 Å². The van der Waals surface area contributed by atoms with Gasteiger partial charge in [-0.25, -0.2) is 13.1 Å². The predicted octanol–water partition coefficient (Wildman–Crippen LogP) is 3.79. The number of ether oxygens (including phenoxy) is 1. The fraction of sp³-hybridized carbons (Fsp3) is 0.333. The summed E-state index contributed by atoms with van der Waals surface area (Å²) in [6.45, 7) is 2.95. The average molecular weight is 368 g/mol. The van der Waals surface area contributed by atoms with Crippen LogP contribution in [0.5, 0.6) is 5.75 Å². The van der Waals surface area contributed by atoms with Gasteiger partial charge in [-0.15, -0.1) is 0 Å². The molecule has 2 rings (SSSR count). The van der Waals surface area contributed by atoms with E-state index in [-0.39, 0.29) is 5.75 Å². The molecule has 0 fully saturated rings. The van der Waals surface area contributed by atoms with Crippen molar-refractivity contribution in [3.8, 4) is 5.75 Å². The Balaban J connectivity index is 1.83. The van der Waals surface area contributed by atoms with Crippen LogP contribution in [-0.4, -0.2) is 21.6 Å². The van der Waals surface area contributed by atoms with E-state index < -0.39 is 10.0 Å². The molecule has 0 aromatic heterocycles. The van der Waals surface area contributed by atoms with Gasteiger partial charge in [-0.05, 0) is 49.1 Å². The lowest BCUT2D eigenvalue weighted by Gasteiger charge is -2.10. The van der Waals surface area contributed by atoms with Crippen molar-refractivity contribution < 1.29 is 13.2 Å². The standard InChI is InChI=1S/C18H22ClNO3S/c1-2-23-18-11-4-3-8-16(18)9-6-12-20-24(21,22)14-15-7-5-10-17(19)13-15/h3-5,7-8,10-11,13,20H,2,6,9,12,14H2,1H3. The molecule has 6 heteroatoms. The molecular weight excluding hydrogens is 346 g/mol. The largest absolute Gasteiger partial charge is 0.494 e. The van der Waals surface area contributed by atoms with Gasteiger partial charge >= 0.3 is 0 Å². The number of para-hydroxylation sites is 1. The summed E-state index contributed by atoms with van der Waals surface area (Å²) in [5.41, 5.74) is 1.77. The summed E-state index contributed by atoms with van der Waals surface area (Å²) >= 11 is 5.88. The summed E-state index contributed by atoms with van der Waals surface area (Å²) in [7, 11) is -3.37. The molecule has 0 aliphatic heterocycles. The zero-order valence-corrected chi connectivity index (χ0v) is 15.2. The van der Waals surface area contributed by atoms with Gasteiger partial charge in [0.1, 0.15) is 5.75 Å². The third kappa shape index (κ3) is 6.15. The Bertz CT molecular complexity index is 762. The first-order valence-corrected chi connectivity index (χ1v) is 9.95. The topological polar surface area (TPSA) is 55.4 Å². The summed E-state index contributed by atoms with van der Waals surface area (Å²) in [6, 6.07) is 14.7. The minimum atomic E-state index is -3.37. The maximum atomic E-state index is 12.1. The average Bonchev–Trinajstić information content (AvgIpc) is 2.53. The molecular formula is C18H22ClNO3S. The van der Waals surface area contributed by atoms with Crippen molar-refractivity contribution in [2.24, 2.45) is 0 Å². The van der Waals surface area contributed by atoms with E-state index in [2.05, 4.69) is 4.72 Å². The lowest BCUT2D eigenvalue weighted by atomic mass is 10.1. The second kappa shape index (κ2) is 9.06. The molecule has 24 heavy (non-hydrogen) atoms. The van der Waals surface area contributed by atoms with Crippen LogP contribution >= 0.6 is 11.6 Å². The number of hydrogen-bond acceptors (Lipinski definition) is 3. The van der Waals surface area contributed by atoms with Crippen LogP contribution in [-0.2, 0) is 22.2 Å². The Morgan fingerprint density at radius 1 is 1.12 bits per heavy atom. The first-order valence-electron chi connectivity index (χ1n) is 7.92. The summed E-state index contributed by atoms with van der Waals surface area (Å²) in [5, 5.41) is 0.537. The molecule has 2 aromatic rings. The molecule has 0 unspecified atom stereocenters. The normalized spacial score (nSPS) is 11.4. The van der Waals surface area contributed by atoms with E-state index in [9.17, 15) is 8.42 Å². The van der Waals surface area contributed by atoms with Crippen LogP contribution in [0.25, 0.3) is 0 Å². The molecule has 130 valence electrons. The van der Waals surface area contributed by atoms with Crippen LogP contribution in [0, 0.1) is 0 Å². The third-order valence-electron chi connectivity index (χ3n) is 3.46. The highest BCUT2D eigenvalue weighted by atomic mass is 35.5. The molecule has 0 saturated heterocycles. The molecule has 0 heterocycles. The van der Waals surface area contributed by atoms with E-state index in [4.69, 9.17) is 16.3 Å². The zero-order chi connectivity index (χ0) is 17.4. The highest BCUT2D eigenvalue weighted by Crippen LogP contribution is 2.19. The first kappa shape index (κ1) is 18.8. The van der Waals surface area contributed by atoms with Gasteiger partial charge in [0.25, 0.3) is 0 Å². The van der Waals surface area contributed by atoms with Gasteiger partial charge in [-0.1, -0.05) is 41.9 Å². The Morgan fingerprint density at radius 3 is 2.67 bits per heavy atom. The van der Waals surface area contributed by atoms with E-state index in [0.717, 1.165) is 17.7 Å². The molecule has 0 bridgehead atoms. The maximum absolute atomic E-state index is 12.1. The van der Waals surface area contributed by atoms with Gasteiger partial charge < -0.3 is 4.74 Å². The smallest absolute Gasteiger partial charge is 0.215 e. The van der Waals surface area contributed by atoms with Crippen molar-refractivity contribution >= 4 is 21.6 Å². The molecule has 0 saturated carbocycles. The summed E-state index contributed by atoms with van der Waals surface area (Å²) in [5.74, 6) is 0.796. The second-order valence-corrected chi connectivity index (χ2v) is 7.67. The number of hydrogen-bond donors (Lipinski definition) is 1. The quantitative estimate of drug-likeness (QED) is 0.686. The molecule has 0 aliphatic carbocycles. The highest BCUT2D eigenvalue weighted by Gasteiger charge is 2.11. The molecule has 0 radical (unpaired) electrons. The molecule has 0 atom stereocenters. The fourth-order valence-corrected chi connectivity index (χ4v) is 3.80. The van der Waals surface area contributed by atoms with Crippen LogP contribution in [0.4, 0.5) is 0 Å². The Kier molecular flexibility index (Phi) is 7.09. The van der Waals surface area contributed by atoms with Crippen molar-refractivity contribution in [3.05, 3.63) is 64.7 Å². The monoisotopic (exact) mass is 367 g/mol. The molecule has 0 aliphatic rings. The molecule has 0 amide bonds. The van der Waals surface area contributed by atoms with E-state index in [0.29, 0.717) is 30.2 Å².